The molecule has 3 aromatic rings. The highest BCUT2D eigenvalue weighted by Gasteiger charge is 2.32. The van der Waals surface area contributed by atoms with E-state index in [1.807, 2.05) is 13.1 Å². The van der Waals surface area contributed by atoms with Crippen LogP contribution in [-0.2, 0) is 18.0 Å². The van der Waals surface area contributed by atoms with E-state index in [4.69, 9.17) is 4.98 Å². The Morgan fingerprint density at radius 2 is 1.94 bits per heavy atom. The van der Waals surface area contributed by atoms with Crippen LogP contribution >= 0.6 is 0 Å². The fourth-order valence-electron chi connectivity index (χ4n) is 4.56. The summed E-state index contributed by atoms with van der Waals surface area (Å²) in [4.78, 5) is 26.6. The van der Waals surface area contributed by atoms with E-state index in [1.54, 1.807) is 0 Å². The van der Waals surface area contributed by atoms with Gasteiger partial charge in [-0.2, -0.15) is 13.2 Å². The molecule has 1 amide bonds. The van der Waals surface area contributed by atoms with Gasteiger partial charge in [-0.1, -0.05) is 6.58 Å². The normalized spacial score (nSPS) is 18.5. The van der Waals surface area contributed by atoms with E-state index < -0.39 is 11.7 Å². The average molecular weight is 486 g/mol. The first-order valence-corrected chi connectivity index (χ1v) is 11.6. The minimum Gasteiger partial charge on any atom is -0.350 e. The summed E-state index contributed by atoms with van der Waals surface area (Å²) < 4.78 is 40.4. The predicted molar refractivity (Wildman–Crippen MR) is 127 cm³/mol. The molecule has 1 saturated heterocycles. The van der Waals surface area contributed by atoms with Gasteiger partial charge in [0.15, 0.2) is 0 Å². The third-order valence-electron chi connectivity index (χ3n) is 6.51. The number of benzene rings is 1. The number of nitrogens with zero attached hydrogens (tertiary/aromatic N) is 5. The van der Waals surface area contributed by atoms with Gasteiger partial charge in [0.1, 0.15) is 0 Å². The molecule has 184 valence electrons. The first-order valence-electron chi connectivity index (χ1n) is 11.6. The number of hydrogen-bond acceptors (Lipinski definition) is 6. The lowest BCUT2D eigenvalue weighted by Crippen LogP contribution is -2.43. The van der Waals surface area contributed by atoms with Gasteiger partial charge in [0.2, 0.25) is 17.8 Å². The minimum atomic E-state index is -4.46. The van der Waals surface area contributed by atoms with Crippen LogP contribution in [0, 0.1) is 0 Å². The quantitative estimate of drug-likeness (QED) is 0.501. The zero-order valence-electron chi connectivity index (χ0n) is 19.3. The molecule has 1 aliphatic heterocycles. The van der Waals surface area contributed by atoms with Crippen molar-refractivity contribution in [3.8, 4) is 0 Å². The van der Waals surface area contributed by atoms with Crippen molar-refractivity contribution in [2.45, 2.75) is 43.8 Å². The number of halogens is 3. The number of imidazole rings is 1. The molecule has 0 unspecified atom stereocenters. The van der Waals surface area contributed by atoms with Gasteiger partial charge in [-0.3, -0.25) is 4.79 Å². The molecule has 2 aliphatic rings. The number of carbonyl (C=O) groups is 1. The number of rotatable bonds is 6. The van der Waals surface area contributed by atoms with Crippen LogP contribution in [0.25, 0.3) is 11.0 Å². The zero-order chi connectivity index (χ0) is 24.7. The predicted octanol–water partition coefficient (Wildman–Crippen LogP) is 4.46. The number of hydrogen-bond donors (Lipinski definition) is 2. The van der Waals surface area contributed by atoms with Crippen LogP contribution < -0.4 is 15.5 Å². The van der Waals surface area contributed by atoms with Crippen molar-refractivity contribution in [2.24, 2.45) is 7.05 Å². The molecule has 1 atom stereocenters. The maximum atomic E-state index is 12.8. The molecule has 2 fully saturated rings. The van der Waals surface area contributed by atoms with Crippen molar-refractivity contribution in [1.29, 1.82) is 0 Å². The van der Waals surface area contributed by atoms with E-state index in [0.717, 1.165) is 72.9 Å². The van der Waals surface area contributed by atoms with Crippen molar-refractivity contribution in [2.75, 3.05) is 28.6 Å². The molecule has 35 heavy (non-hydrogen) atoms. The third kappa shape index (κ3) is 4.80. The number of carbonyl (C=O) groups excluding carboxylic acids is 1. The van der Waals surface area contributed by atoms with Gasteiger partial charge in [0.05, 0.1) is 16.6 Å². The Balaban J connectivity index is 1.37. The summed E-state index contributed by atoms with van der Waals surface area (Å²) in [6.07, 6.45) is 2.30. The van der Waals surface area contributed by atoms with E-state index in [2.05, 4.69) is 42.7 Å². The number of fused-ring (bicyclic) bond motifs is 1. The second-order valence-corrected chi connectivity index (χ2v) is 9.09. The Labute approximate surface area is 200 Å². The summed E-state index contributed by atoms with van der Waals surface area (Å²) in [6.45, 7) is 4.95. The first-order chi connectivity index (χ1) is 16.7. The van der Waals surface area contributed by atoms with Crippen molar-refractivity contribution < 1.29 is 18.0 Å². The molecule has 3 heterocycles. The lowest BCUT2D eigenvalue weighted by Gasteiger charge is -2.33. The number of aryl methyl sites for hydroxylation is 1. The number of piperidine rings is 1. The summed E-state index contributed by atoms with van der Waals surface area (Å²) in [5, 5.41) is 6.07. The van der Waals surface area contributed by atoms with Crippen molar-refractivity contribution in [3.05, 3.63) is 48.3 Å². The van der Waals surface area contributed by atoms with Crippen LogP contribution in [0.5, 0.6) is 0 Å². The minimum absolute atomic E-state index is 0.0373. The van der Waals surface area contributed by atoms with E-state index in [1.165, 1.54) is 6.08 Å². The van der Waals surface area contributed by atoms with Crippen molar-refractivity contribution >= 4 is 34.5 Å². The van der Waals surface area contributed by atoms with E-state index in [-0.39, 0.29) is 17.9 Å². The van der Waals surface area contributed by atoms with Gasteiger partial charge in [0.25, 0.3) is 0 Å². The molecule has 2 aromatic heterocycles. The molecular formula is C24H26F3N7O. The summed E-state index contributed by atoms with van der Waals surface area (Å²) in [5.41, 5.74) is 2.78. The Morgan fingerprint density at radius 3 is 2.60 bits per heavy atom. The molecule has 0 spiro atoms. The van der Waals surface area contributed by atoms with Crippen molar-refractivity contribution in [1.82, 2.24) is 19.5 Å². The number of nitrogens with one attached hydrogen (secondary N) is 2. The Kier molecular flexibility index (Phi) is 5.86. The smallest absolute Gasteiger partial charge is 0.350 e. The summed E-state index contributed by atoms with van der Waals surface area (Å²) in [6, 6.07) is 3.99. The lowest BCUT2D eigenvalue weighted by atomic mass is 10.1. The maximum absolute atomic E-state index is 12.8. The average Bonchev–Trinajstić information content (AvgIpc) is 3.62. The Hall–Kier alpha value is -3.63. The molecule has 1 aromatic carbocycles. The molecular weight excluding hydrogens is 459 g/mol. The van der Waals surface area contributed by atoms with Gasteiger partial charge in [-0.05, 0) is 55.4 Å². The molecule has 11 heteroatoms. The van der Waals surface area contributed by atoms with Gasteiger partial charge in [0, 0.05) is 44.3 Å². The summed E-state index contributed by atoms with van der Waals surface area (Å²) in [7, 11) is 1.97. The van der Waals surface area contributed by atoms with Crippen LogP contribution in [0.4, 0.5) is 30.8 Å². The molecule has 1 saturated carbocycles. The van der Waals surface area contributed by atoms with E-state index in [0.29, 0.717) is 12.5 Å². The summed E-state index contributed by atoms with van der Waals surface area (Å²) in [5.74, 6) is 1.16. The van der Waals surface area contributed by atoms with Gasteiger partial charge >= 0.3 is 6.18 Å². The molecule has 0 radical (unpaired) electrons. The summed E-state index contributed by atoms with van der Waals surface area (Å²) >= 11 is 0. The first kappa shape index (κ1) is 23.1. The van der Waals surface area contributed by atoms with Gasteiger partial charge in [-0.25, -0.2) is 15.0 Å². The highest BCUT2D eigenvalue weighted by molar-refractivity contribution is 6.01. The zero-order valence-corrected chi connectivity index (χ0v) is 19.3. The lowest BCUT2D eigenvalue weighted by molar-refractivity contribution is -0.138. The number of aromatic nitrogens is 4. The fourth-order valence-corrected chi connectivity index (χ4v) is 4.56. The molecule has 0 bridgehead atoms. The maximum Gasteiger partial charge on any atom is 0.419 e. The topological polar surface area (TPSA) is 88.0 Å². The van der Waals surface area contributed by atoms with Crippen molar-refractivity contribution in [3.63, 3.8) is 0 Å². The number of amides is 1. The Bertz CT molecular complexity index is 1260. The van der Waals surface area contributed by atoms with Crippen LogP contribution in [0.1, 0.15) is 42.7 Å². The largest absolute Gasteiger partial charge is 0.419 e. The van der Waals surface area contributed by atoms with Crippen LogP contribution in [-0.4, -0.2) is 44.6 Å². The highest BCUT2D eigenvalue weighted by atomic mass is 19.4. The number of anilines is 3. The van der Waals surface area contributed by atoms with Gasteiger partial charge < -0.3 is 20.1 Å². The SMILES string of the molecule is C=CC(=O)Nc1cc2nc(N3CCC[C@@H](Nc4ncc(C(F)(F)F)cn4)C3)n(C)c2cc1C1CC1. The highest BCUT2D eigenvalue weighted by Crippen LogP contribution is 2.45. The number of alkyl halides is 3. The second kappa shape index (κ2) is 8.86. The molecule has 5 rings (SSSR count). The van der Waals surface area contributed by atoms with Crippen LogP contribution in [0.2, 0.25) is 0 Å². The fraction of sp³-hybridized carbons (Fsp3) is 0.417. The monoisotopic (exact) mass is 485 g/mol. The molecule has 2 N–H and O–H groups in total. The molecule has 1 aliphatic carbocycles. The van der Waals surface area contributed by atoms with Crippen LogP contribution in [0.15, 0.2) is 37.2 Å². The third-order valence-corrected chi connectivity index (χ3v) is 6.51. The van der Waals surface area contributed by atoms with Gasteiger partial charge in [-0.15, -0.1) is 0 Å². The standard InChI is InChI=1S/C24H26F3N7O/c1-3-21(35)31-18-10-19-20(9-17(18)14-6-7-14)33(2)23(32-19)34-8-4-5-16(13-34)30-22-28-11-15(12-29-22)24(25,26)27/h3,9-12,14,16H,1,4-8,13H2,2H3,(H,31,35)(H,28,29,30)/t16-/m1/s1. The van der Waals surface area contributed by atoms with E-state index >= 15 is 0 Å². The molecule has 8 nitrogen and oxygen atoms in total. The Morgan fingerprint density at radius 1 is 1.20 bits per heavy atom. The van der Waals surface area contributed by atoms with Crippen LogP contribution in [0.3, 0.4) is 0 Å². The second-order valence-electron chi connectivity index (χ2n) is 9.09. The van der Waals surface area contributed by atoms with E-state index in [9.17, 15) is 18.0 Å².